The van der Waals surface area contributed by atoms with Crippen LogP contribution in [0.2, 0.25) is 0 Å². The molecule has 1 fully saturated rings. The maximum Gasteiger partial charge on any atom is 0.180 e. The number of nitrogen functional groups attached to an aromatic ring is 1. The molecule has 1 unspecified atom stereocenters. The number of likely N-dealkylation sites (N-methyl/N-ethyl adjacent to an activating group) is 2. The van der Waals surface area contributed by atoms with Crippen LogP contribution >= 0.6 is 11.3 Å². The summed E-state index contributed by atoms with van der Waals surface area (Å²) in [5.74, 6) is 0. The number of rotatable bonds is 3. The van der Waals surface area contributed by atoms with Gasteiger partial charge in [0.15, 0.2) is 5.13 Å². The zero-order valence-corrected chi connectivity index (χ0v) is 10.8. The van der Waals surface area contributed by atoms with Gasteiger partial charge in [0, 0.05) is 30.2 Å². The lowest BCUT2D eigenvalue weighted by atomic mass is 10.1. The van der Waals surface area contributed by atoms with E-state index in [0.29, 0.717) is 11.2 Å². The summed E-state index contributed by atoms with van der Waals surface area (Å²) in [4.78, 5) is 10.2. The van der Waals surface area contributed by atoms with E-state index in [1.165, 1.54) is 30.8 Å². The van der Waals surface area contributed by atoms with Gasteiger partial charge in [-0.05, 0) is 33.5 Å². The lowest BCUT2D eigenvalue weighted by Gasteiger charge is -2.35. The van der Waals surface area contributed by atoms with Crippen LogP contribution in [0.15, 0.2) is 6.20 Å². The molecule has 0 aromatic carbocycles. The molecule has 2 rings (SSSR count). The second kappa shape index (κ2) is 5.12. The van der Waals surface area contributed by atoms with E-state index in [2.05, 4.69) is 28.9 Å². The van der Waals surface area contributed by atoms with Crippen molar-refractivity contribution in [3.8, 4) is 0 Å². The molecule has 90 valence electrons. The van der Waals surface area contributed by atoms with Gasteiger partial charge in [-0.1, -0.05) is 0 Å². The molecule has 0 radical (unpaired) electrons. The van der Waals surface area contributed by atoms with E-state index >= 15 is 0 Å². The summed E-state index contributed by atoms with van der Waals surface area (Å²) < 4.78 is 0. The molecule has 0 saturated carbocycles. The number of likely N-dealkylation sites (tertiary alicyclic amines) is 1. The Labute approximate surface area is 101 Å². The number of nitrogens with zero attached hydrogens (tertiary/aromatic N) is 3. The van der Waals surface area contributed by atoms with Crippen molar-refractivity contribution in [2.75, 3.05) is 32.9 Å². The first-order chi connectivity index (χ1) is 7.65. The normalized spacial score (nSPS) is 22.8. The molecule has 2 heterocycles. The van der Waals surface area contributed by atoms with Crippen molar-refractivity contribution in [1.82, 2.24) is 14.8 Å². The van der Waals surface area contributed by atoms with Gasteiger partial charge in [-0.2, -0.15) is 0 Å². The van der Waals surface area contributed by atoms with E-state index in [-0.39, 0.29) is 0 Å². The van der Waals surface area contributed by atoms with Crippen molar-refractivity contribution in [1.29, 1.82) is 0 Å². The fourth-order valence-corrected chi connectivity index (χ4v) is 3.02. The largest absolute Gasteiger partial charge is 0.375 e. The predicted octanol–water partition coefficient (Wildman–Crippen LogP) is 1.25. The molecular weight excluding hydrogens is 220 g/mol. The molecule has 1 aliphatic rings. The van der Waals surface area contributed by atoms with Crippen molar-refractivity contribution >= 4 is 16.5 Å². The average Bonchev–Trinajstić information content (AvgIpc) is 2.64. The van der Waals surface area contributed by atoms with Crippen LogP contribution in [-0.4, -0.2) is 48.0 Å². The minimum Gasteiger partial charge on any atom is -0.375 e. The molecule has 1 saturated heterocycles. The maximum absolute atomic E-state index is 5.64. The highest BCUT2D eigenvalue weighted by Gasteiger charge is 2.21. The van der Waals surface area contributed by atoms with Crippen molar-refractivity contribution in [3.05, 3.63) is 11.1 Å². The van der Waals surface area contributed by atoms with Crippen LogP contribution in [0.3, 0.4) is 0 Å². The molecule has 0 amide bonds. The summed E-state index contributed by atoms with van der Waals surface area (Å²) in [6.07, 6.45) is 4.49. The van der Waals surface area contributed by atoms with Crippen LogP contribution < -0.4 is 5.73 Å². The molecule has 1 aromatic heterocycles. The summed E-state index contributed by atoms with van der Waals surface area (Å²) in [5.41, 5.74) is 5.64. The minimum absolute atomic E-state index is 0.669. The van der Waals surface area contributed by atoms with Gasteiger partial charge in [-0.25, -0.2) is 4.98 Å². The lowest BCUT2D eigenvalue weighted by Crippen LogP contribution is -2.44. The fraction of sp³-hybridized carbons (Fsp3) is 0.727. The molecular formula is C11H20N4S. The summed E-state index contributed by atoms with van der Waals surface area (Å²) >= 11 is 1.59. The number of piperidine rings is 1. The molecule has 2 N–H and O–H groups in total. The Morgan fingerprint density at radius 1 is 1.69 bits per heavy atom. The molecule has 1 aliphatic heterocycles. The number of aromatic nitrogens is 1. The van der Waals surface area contributed by atoms with Crippen molar-refractivity contribution in [2.24, 2.45) is 0 Å². The van der Waals surface area contributed by atoms with Gasteiger partial charge in [0.25, 0.3) is 0 Å². The van der Waals surface area contributed by atoms with Gasteiger partial charge in [-0.15, -0.1) is 11.3 Å². The third-order valence-electron chi connectivity index (χ3n) is 3.20. The Morgan fingerprint density at radius 3 is 3.12 bits per heavy atom. The number of hydrogen-bond donors (Lipinski definition) is 1. The Kier molecular flexibility index (Phi) is 3.78. The van der Waals surface area contributed by atoms with Gasteiger partial charge in [0.1, 0.15) is 0 Å². The SMILES string of the molecule is CN1CCCC(N(C)Cc2cnc(N)s2)C1. The van der Waals surface area contributed by atoms with Crippen LogP contribution in [-0.2, 0) is 6.54 Å². The highest BCUT2D eigenvalue weighted by Crippen LogP contribution is 2.20. The topological polar surface area (TPSA) is 45.4 Å². The summed E-state index contributed by atoms with van der Waals surface area (Å²) in [6, 6.07) is 0.669. The zero-order chi connectivity index (χ0) is 11.5. The first-order valence-electron chi connectivity index (χ1n) is 5.74. The average molecular weight is 240 g/mol. The molecule has 5 heteroatoms. The number of nitrogens with two attached hydrogens (primary N) is 1. The summed E-state index contributed by atoms with van der Waals surface area (Å²) in [7, 11) is 4.39. The van der Waals surface area contributed by atoms with E-state index in [4.69, 9.17) is 5.73 Å². The van der Waals surface area contributed by atoms with E-state index in [9.17, 15) is 0 Å². The van der Waals surface area contributed by atoms with Gasteiger partial charge in [-0.3, -0.25) is 4.90 Å². The lowest BCUT2D eigenvalue weighted by molar-refractivity contribution is 0.130. The molecule has 0 bridgehead atoms. The summed E-state index contributed by atoms with van der Waals surface area (Å²) in [5, 5.41) is 0.671. The molecule has 16 heavy (non-hydrogen) atoms. The molecule has 1 aromatic rings. The van der Waals surface area contributed by atoms with E-state index < -0.39 is 0 Å². The number of thiazole rings is 1. The smallest absolute Gasteiger partial charge is 0.180 e. The number of anilines is 1. The Bertz CT molecular complexity index is 338. The third-order valence-corrected chi connectivity index (χ3v) is 4.01. The van der Waals surface area contributed by atoms with Crippen molar-refractivity contribution in [2.45, 2.75) is 25.4 Å². The second-order valence-electron chi connectivity index (χ2n) is 4.64. The van der Waals surface area contributed by atoms with Gasteiger partial charge in [0.2, 0.25) is 0 Å². The third kappa shape index (κ3) is 2.93. The van der Waals surface area contributed by atoms with Gasteiger partial charge < -0.3 is 10.6 Å². The van der Waals surface area contributed by atoms with Gasteiger partial charge >= 0.3 is 0 Å². The maximum atomic E-state index is 5.64. The molecule has 4 nitrogen and oxygen atoms in total. The molecule has 1 atom stereocenters. The van der Waals surface area contributed by atoms with Gasteiger partial charge in [0.05, 0.1) is 0 Å². The van der Waals surface area contributed by atoms with Crippen LogP contribution in [0.1, 0.15) is 17.7 Å². The first kappa shape index (κ1) is 11.8. The monoisotopic (exact) mass is 240 g/mol. The Hall–Kier alpha value is -0.650. The number of hydrogen-bond acceptors (Lipinski definition) is 5. The van der Waals surface area contributed by atoms with Crippen molar-refractivity contribution in [3.63, 3.8) is 0 Å². The highest BCUT2D eigenvalue weighted by molar-refractivity contribution is 7.15. The quantitative estimate of drug-likeness (QED) is 0.864. The first-order valence-corrected chi connectivity index (χ1v) is 6.56. The van der Waals surface area contributed by atoms with E-state index in [0.717, 1.165) is 6.54 Å². The van der Waals surface area contributed by atoms with E-state index in [1.807, 2.05) is 6.20 Å². The minimum atomic E-state index is 0.669. The fourth-order valence-electron chi connectivity index (χ4n) is 2.27. The molecule has 0 aliphatic carbocycles. The standard InChI is InChI=1S/C11H20N4S/c1-14-5-3-4-9(7-14)15(2)8-10-6-13-11(12)16-10/h6,9H,3-5,7-8H2,1-2H3,(H2,12,13). The Balaban J connectivity index is 1.89. The van der Waals surface area contributed by atoms with Crippen LogP contribution in [0.25, 0.3) is 0 Å². The van der Waals surface area contributed by atoms with Crippen molar-refractivity contribution < 1.29 is 0 Å². The Morgan fingerprint density at radius 2 is 2.50 bits per heavy atom. The van der Waals surface area contributed by atoms with Crippen LogP contribution in [0.5, 0.6) is 0 Å². The second-order valence-corrected chi connectivity index (χ2v) is 5.78. The molecule has 0 spiro atoms. The van der Waals surface area contributed by atoms with Crippen LogP contribution in [0.4, 0.5) is 5.13 Å². The summed E-state index contributed by atoms with van der Waals surface area (Å²) in [6.45, 7) is 3.37. The highest BCUT2D eigenvalue weighted by atomic mass is 32.1. The van der Waals surface area contributed by atoms with E-state index in [1.54, 1.807) is 11.3 Å². The zero-order valence-electron chi connectivity index (χ0n) is 10.0. The van der Waals surface area contributed by atoms with Crippen LogP contribution in [0, 0.1) is 0 Å². The predicted molar refractivity (Wildman–Crippen MR) is 68.5 cm³/mol.